The summed E-state index contributed by atoms with van der Waals surface area (Å²) in [4.78, 5) is 12.7. The molecule has 1 amide bonds. The first-order valence-electron chi connectivity index (χ1n) is 7.59. The number of nitrogens with zero attached hydrogens (tertiary/aromatic N) is 3. The molecule has 1 atom stereocenters. The highest BCUT2D eigenvalue weighted by Crippen LogP contribution is 2.26. The van der Waals surface area contributed by atoms with E-state index in [2.05, 4.69) is 25.9 Å². The number of aromatic nitrogens is 4. The maximum absolute atomic E-state index is 13.8. The predicted molar refractivity (Wildman–Crippen MR) is 88.6 cm³/mol. The van der Waals surface area contributed by atoms with Crippen LogP contribution in [0, 0.1) is 5.82 Å². The van der Waals surface area contributed by atoms with Gasteiger partial charge < -0.3 is 10.1 Å². The third kappa shape index (κ3) is 3.79. The number of rotatable bonds is 6. The number of benzene rings is 2. The zero-order chi connectivity index (χ0) is 17.6. The molecule has 0 radical (unpaired) electrons. The number of methoxy groups -OCH3 is 1. The van der Waals surface area contributed by atoms with Crippen LogP contribution < -0.4 is 10.1 Å². The van der Waals surface area contributed by atoms with E-state index in [0.29, 0.717) is 5.75 Å². The Morgan fingerprint density at radius 3 is 2.72 bits per heavy atom. The molecule has 2 N–H and O–H groups in total. The second-order valence-electron chi connectivity index (χ2n) is 5.31. The summed E-state index contributed by atoms with van der Waals surface area (Å²) in [6.07, 6.45) is 0.282. The first-order chi connectivity index (χ1) is 12.2. The normalized spacial score (nSPS) is 11.8. The summed E-state index contributed by atoms with van der Waals surface area (Å²) in [6.45, 7) is 0. The van der Waals surface area contributed by atoms with Gasteiger partial charge >= 0.3 is 0 Å². The summed E-state index contributed by atoms with van der Waals surface area (Å²) in [5.74, 6) is -0.832. The second-order valence-corrected chi connectivity index (χ2v) is 5.31. The number of anilines is 1. The highest BCUT2D eigenvalue weighted by molar-refractivity contribution is 5.95. The minimum absolute atomic E-state index is 0.0982. The van der Waals surface area contributed by atoms with Gasteiger partial charge in [0.05, 0.1) is 12.8 Å². The number of ether oxygens (including phenoxy) is 1. The minimum Gasteiger partial charge on any atom is -0.496 e. The number of halogens is 1. The van der Waals surface area contributed by atoms with E-state index in [4.69, 9.17) is 4.74 Å². The molecule has 0 aliphatic carbocycles. The summed E-state index contributed by atoms with van der Waals surface area (Å²) in [5, 5.41) is 16.3. The lowest BCUT2D eigenvalue weighted by Crippen LogP contribution is -2.24. The monoisotopic (exact) mass is 341 g/mol. The van der Waals surface area contributed by atoms with Crippen LogP contribution in [0.4, 0.5) is 10.1 Å². The van der Waals surface area contributed by atoms with Gasteiger partial charge in [-0.05, 0) is 30.2 Å². The smallest absolute Gasteiger partial charge is 0.235 e. The van der Waals surface area contributed by atoms with Gasteiger partial charge in [-0.2, -0.15) is 5.21 Å². The van der Waals surface area contributed by atoms with E-state index >= 15 is 0 Å². The zero-order valence-electron chi connectivity index (χ0n) is 13.4. The maximum Gasteiger partial charge on any atom is 0.235 e. The van der Waals surface area contributed by atoms with E-state index in [1.54, 1.807) is 25.3 Å². The largest absolute Gasteiger partial charge is 0.496 e. The van der Waals surface area contributed by atoms with Gasteiger partial charge in [0, 0.05) is 0 Å². The Labute approximate surface area is 143 Å². The highest BCUT2D eigenvalue weighted by atomic mass is 19.1. The van der Waals surface area contributed by atoms with Crippen molar-refractivity contribution < 1.29 is 13.9 Å². The third-order valence-corrected chi connectivity index (χ3v) is 3.74. The highest BCUT2D eigenvalue weighted by Gasteiger charge is 2.27. The SMILES string of the molecule is COc1ccccc1CC(C(=O)Nc1ccccc1F)c1nn[nH]n1. The Bertz CT molecular complexity index is 854. The lowest BCUT2D eigenvalue weighted by atomic mass is 9.97. The predicted octanol–water partition coefficient (Wildman–Crippen LogP) is 2.31. The zero-order valence-corrected chi connectivity index (χ0v) is 13.4. The standard InChI is InChI=1S/C17H16FN5O2/c1-25-15-9-5-2-6-11(15)10-12(16-20-22-23-21-16)17(24)19-14-8-4-3-7-13(14)18/h2-9,12H,10H2,1H3,(H,19,24)(H,20,21,22,23). The van der Waals surface area contributed by atoms with Crippen molar-refractivity contribution >= 4 is 11.6 Å². The number of carbonyl (C=O) groups is 1. The van der Waals surface area contributed by atoms with Crippen LogP contribution in [0.25, 0.3) is 0 Å². The summed E-state index contributed by atoms with van der Waals surface area (Å²) < 4.78 is 19.1. The summed E-state index contributed by atoms with van der Waals surface area (Å²) in [5.41, 5.74) is 0.907. The molecule has 0 aliphatic heterocycles. The molecular weight excluding hydrogens is 325 g/mol. The lowest BCUT2D eigenvalue weighted by molar-refractivity contribution is -0.117. The van der Waals surface area contributed by atoms with Crippen LogP contribution in [0.1, 0.15) is 17.3 Å². The van der Waals surface area contributed by atoms with Gasteiger partial charge in [-0.3, -0.25) is 4.79 Å². The van der Waals surface area contributed by atoms with Crippen LogP contribution in [0.2, 0.25) is 0 Å². The van der Waals surface area contributed by atoms with Crippen molar-refractivity contribution in [1.82, 2.24) is 20.6 Å². The van der Waals surface area contributed by atoms with E-state index in [0.717, 1.165) is 5.56 Å². The molecule has 3 rings (SSSR count). The topological polar surface area (TPSA) is 92.8 Å². The van der Waals surface area contributed by atoms with Gasteiger partial charge in [-0.1, -0.05) is 35.5 Å². The Balaban J connectivity index is 1.88. The van der Waals surface area contributed by atoms with Gasteiger partial charge in [-0.15, -0.1) is 10.2 Å². The van der Waals surface area contributed by atoms with E-state index in [1.165, 1.54) is 12.1 Å². The van der Waals surface area contributed by atoms with Crippen molar-refractivity contribution in [2.45, 2.75) is 12.3 Å². The van der Waals surface area contributed by atoms with Crippen molar-refractivity contribution in [1.29, 1.82) is 0 Å². The fourth-order valence-electron chi connectivity index (χ4n) is 2.49. The molecule has 3 aromatic rings. The number of hydrogen-bond donors (Lipinski definition) is 2. The van der Waals surface area contributed by atoms with Crippen LogP contribution in [0.15, 0.2) is 48.5 Å². The van der Waals surface area contributed by atoms with Crippen molar-refractivity contribution in [2.75, 3.05) is 12.4 Å². The van der Waals surface area contributed by atoms with Crippen LogP contribution in [0.3, 0.4) is 0 Å². The Kier molecular flexibility index (Phi) is 4.98. The Hall–Kier alpha value is -3.29. The molecule has 25 heavy (non-hydrogen) atoms. The van der Waals surface area contributed by atoms with Crippen molar-refractivity contribution in [3.8, 4) is 5.75 Å². The first-order valence-corrected chi connectivity index (χ1v) is 7.59. The van der Waals surface area contributed by atoms with Crippen molar-refractivity contribution in [2.24, 2.45) is 0 Å². The van der Waals surface area contributed by atoms with Gasteiger partial charge in [0.2, 0.25) is 5.91 Å². The van der Waals surface area contributed by atoms with E-state index in [-0.39, 0.29) is 17.9 Å². The molecule has 0 saturated heterocycles. The molecular formula is C17H16FN5O2. The van der Waals surface area contributed by atoms with Crippen LogP contribution >= 0.6 is 0 Å². The molecule has 0 aliphatic rings. The summed E-state index contributed by atoms with van der Waals surface area (Å²) in [7, 11) is 1.56. The molecule has 128 valence electrons. The fraction of sp³-hybridized carbons (Fsp3) is 0.176. The molecule has 0 fully saturated rings. The molecule has 7 nitrogen and oxygen atoms in total. The molecule has 8 heteroatoms. The summed E-state index contributed by atoms with van der Waals surface area (Å²) in [6, 6.07) is 13.3. The molecule has 1 aromatic heterocycles. The number of H-pyrrole nitrogens is 1. The van der Waals surface area contributed by atoms with Crippen molar-refractivity contribution in [3.05, 3.63) is 65.7 Å². The molecule has 1 unspecified atom stereocenters. The van der Waals surface area contributed by atoms with Gasteiger partial charge in [0.1, 0.15) is 17.5 Å². The molecule has 0 bridgehead atoms. The number of amides is 1. The van der Waals surface area contributed by atoms with E-state index in [9.17, 15) is 9.18 Å². The molecule has 0 saturated carbocycles. The Morgan fingerprint density at radius 2 is 2.00 bits per heavy atom. The average molecular weight is 341 g/mol. The molecule has 0 spiro atoms. The summed E-state index contributed by atoms with van der Waals surface area (Å²) >= 11 is 0. The Morgan fingerprint density at radius 1 is 1.24 bits per heavy atom. The quantitative estimate of drug-likeness (QED) is 0.718. The minimum atomic E-state index is -0.755. The lowest BCUT2D eigenvalue weighted by Gasteiger charge is -2.16. The van der Waals surface area contributed by atoms with Crippen LogP contribution in [-0.4, -0.2) is 33.6 Å². The fourth-order valence-corrected chi connectivity index (χ4v) is 2.49. The van der Waals surface area contributed by atoms with Crippen molar-refractivity contribution in [3.63, 3.8) is 0 Å². The van der Waals surface area contributed by atoms with E-state index in [1.807, 2.05) is 18.2 Å². The second kappa shape index (κ2) is 7.52. The number of tetrazole rings is 1. The number of hydrogen-bond acceptors (Lipinski definition) is 5. The van der Waals surface area contributed by atoms with Crippen LogP contribution in [0.5, 0.6) is 5.75 Å². The van der Waals surface area contributed by atoms with Crippen LogP contribution in [-0.2, 0) is 11.2 Å². The first kappa shape index (κ1) is 16.6. The average Bonchev–Trinajstić information content (AvgIpc) is 3.16. The van der Waals surface area contributed by atoms with Gasteiger partial charge in [0.15, 0.2) is 5.82 Å². The number of aromatic amines is 1. The molecule has 1 heterocycles. The number of para-hydroxylation sites is 2. The van der Waals surface area contributed by atoms with Gasteiger partial charge in [-0.25, -0.2) is 4.39 Å². The number of nitrogens with one attached hydrogen (secondary N) is 2. The van der Waals surface area contributed by atoms with E-state index < -0.39 is 17.6 Å². The molecule has 2 aromatic carbocycles. The number of carbonyl (C=O) groups excluding carboxylic acids is 1. The maximum atomic E-state index is 13.8. The third-order valence-electron chi connectivity index (χ3n) is 3.74. The van der Waals surface area contributed by atoms with Gasteiger partial charge in [0.25, 0.3) is 0 Å².